The number of hydrogen-bond acceptors (Lipinski definition) is 3. The zero-order valence-corrected chi connectivity index (χ0v) is 13.1. The molecular weight excluding hydrogens is 284 g/mol. The van der Waals surface area contributed by atoms with Crippen LogP contribution in [0.25, 0.3) is 0 Å². The Hall–Kier alpha value is -1.65. The summed E-state index contributed by atoms with van der Waals surface area (Å²) < 4.78 is 23.1. The predicted molar refractivity (Wildman–Crippen MR) is 84.0 cm³/mol. The van der Waals surface area contributed by atoms with Gasteiger partial charge >= 0.3 is 0 Å². The third kappa shape index (κ3) is 4.16. The van der Waals surface area contributed by atoms with Crippen LogP contribution in [0.1, 0.15) is 29.7 Å². The molecular formula is C17H20O3S. The molecule has 2 aromatic carbocycles. The summed E-state index contributed by atoms with van der Waals surface area (Å²) >= 11 is 0. The van der Waals surface area contributed by atoms with Crippen molar-refractivity contribution in [3.8, 4) is 0 Å². The molecule has 2 rings (SSSR count). The fraction of sp³-hybridized carbons (Fsp3) is 0.294. The molecule has 1 atom stereocenters. The van der Waals surface area contributed by atoms with Crippen LogP contribution < -0.4 is 0 Å². The van der Waals surface area contributed by atoms with Crippen LogP contribution in [0.2, 0.25) is 0 Å². The molecule has 4 heteroatoms. The second-order valence-electron chi connectivity index (χ2n) is 5.23. The Morgan fingerprint density at radius 3 is 2.24 bits per heavy atom. The van der Waals surface area contributed by atoms with E-state index in [1.54, 1.807) is 24.3 Å². The molecule has 21 heavy (non-hydrogen) atoms. The van der Waals surface area contributed by atoms with Gasteiger partial charge in [-0.3, -0.25) is 0 Å². The topological polar surface area (TPSA) is 54.4 Å². The van der Waals surface area contributed by atoms with Gasteiger partial charge in [-0.2, -0.15) is 0 Å². The number of sulfone groups is 1. The molecule has 2 aromatic rings. The molecule has 0 aliphatic carbocycles. The lowest BCUT2D eigenvalue weighted by molar-refractivity contribution is 0.178. The van der Waals surface area contributed by atoms with Crippen molar-refractivity contribution >= 4 is 9.84 Å². The maximum absolute atomic E-state index is 11.6. The van der Waals surface area contributed by atoms with E-state index in [0.717, 1.165) is 12.0 Å². The van der Waals surface area contributed by atoms with Crippen molar-refractivity contribution in [3.63, 3.8) is 0 Å². The minimum atomic E-state index is -3.25. The molecule has 1 N–H and O–H groups in total. The van der Waals surface area contributed by atoms with Crippen molar-refractivity contribution in [2.45, 2.75) is 30.8 Å². The van der Waals surface area contributed by atoms with Crippen LogP contribution in [0.3, 0.4) is 0 Å². The second kappa shape index (κ2) is 6.41. The van der Waals surface area contributed by atoms with Crippen molar-refractivity contribution in [2.24, 2.45) is 0 Å². The molecule has 0 bridgehead atoms. The summed E-state index contributed by atoms with van der Waals surface area (Å²) in [6, 6.07) is 14.6. The van der Waals surface area contributed by atoms with E-state index < -0.39 is 15.9 Å². The van der Waals surface area contributed by atoms with E-state index in [0.29, 0.717) is 12.0 Å². The monoisotopic (exact) mass is 304 g/mol. The fourth-order valence-electron chi connectivity index (χ4n) is 2.20. The van der Waals surface area contributed by atoms with Crippen LogP contribution in [0.4, 0.5) is 0 Å². The quantitative estimate of drug-likeness (QED) is 0.924. The van der Waals surface area contributed by atoms with Gasteiger partial charge in [0.2, 0.25) is 0 Å². The Balaban J connectivity index is 2.18. The first-order valence-corrected chi connectivity index (χ1v) is 8.85. The summed E-state index contributed by atoms with van der Waals surface area (Å²) in [6.45, 7) is 2.10. The van der Waals surface area contributed by atoms with Crippen molar-refractivity contribution in [3.05, 3.63) is 65.2 Å². The van der Waals surface area contributed by atoms with E-state index in [2.05, 4.69) is 19.1 Å². The van der Waals surface area contributed by atoms with Gasteiger partial charge in [-0.05, 0) is 35.2 Å². The smallest absolute Gasteiger partial charge is 0.175 e. The highest BCUT2D eigenvalue weighted by molar-refractivity contribution is 7.90. The Morgan fingerprint density at radius 1 is 1.05 bits per heavy atom. The molecule has 0 fully saturated rings. The molecule has 3 nitrogen and oxygen atoms in total. The highest BCUT2D eigenvalue weighted by atomic mass is 32.2. The van der Waals surface area contributed by atoms with Crippen LogP contribution in [0, 0.1) is 0 Å². The van der Waals surface area contributed by atoms with Gasteiger partial charge in [0.25, 0.3) is 0 Å². The van der Waals surface area contributed by atoms with Crippen LogP contribution in [0.15, 0.2) is 53.4 Å². The first kappa shape index (κ1) is 15.7. The summed E-state index contributed by atoms with van der Waals surface area (Å²) in [5.74, 6) is 0. The van der Waals surface area contributed by atoms with Gasteiger partial charge in [-0.25, -0.2) is 8.42 Å². The lowest BCUT2D eigenvalue weighted by Crippen LogP contribution is -2.04. The minimum Gasteiger partial charge on any atom is -0.388 e. The van der Waals surface area contributed by atoms with Gasteiger partial charge in [0, 0.05) is 12.7 Å². The number of rotatable bonds is 5. The molecule has 0 saturated heterocycles. The third-order valence-corrected chi connectivity index (χ3v) is 4.64. The number of aliphatic hydroxyl groups excluding tert-OH is 1. The molecule has 0 aliphatic heterocycles. The standard InChI is InChI=1S/C17H20O3S/c1-3-13-7-9-14(10-8-13)11-17(18)15-5-4-6-16(12-15)21(2,19)20/h4-10,12,17-18H,3,11H2,1-2H3. The van der Waals surface area contributed by atoms with E-state index >= 15 is 0 Å². The first-order chi connectivity index (χ1) is 9.90. The van der Waals surface area contributed by atoms with Gasteiger partial charge < -0.3 is 5.11 Å². The first-order valence-electron chi connectivity index (χ1n) is 6.96. The number of hydrogen-bond donors (Lipinski definition) is 1. The SMILES string of the molecule is CCc1ccc(CC(O)c2cccc(S(C)(=O)=O)c2)cc1. The Kier molecular flexibility index (Phi) is 4.80. The van der Waals surface area contributed by atoms with Crippen LogP contribution in [-0.2, 0) is 22.7 Å². The van der Waals surface area contributed by atoms with Crippen molar-refractivity contribution in [2.75, 3.05) is 6.26 Å². The lowest BCUT2D eigenvalue weighted by Gasteiger charge is -2.12. The Labute approximate surface area is 126 Å². The fourth-order valence-corrected chi connectivity index (χ4v) is 2.88. The van der Waals surface area contributed by atoms with E-state index in [1.807, 2.05) is 12.1 Å². The average molecular weight is 304 g/mol. The molecule has 1 unspecified atom stereocenters. The van der Waals surface area contributed by atoms with Gasteiger partial charge in [0.15, 0.2) is 9.84 Å². The summed E-state index contributed by atoms with van der Waals surface area (Å²) in [5.41, 5.74) is 2.91. The summed E-state index contributed by atoms with van der Waals surface area (Å²) in [5, 5.41) is 10.3. The minimum absolute atomic E-state index is 0.236. The van der Waals surface area contributed by atoms with E-state index in [4.69, 9.17) is 0 Å². The van der Waals surface area contributed by atoms with Gasteiger partial charge in [0.05, 0.1) is 11.0 Å². The number of benzene rings is 2. The average Bonchev–Trinajstić information content (AvgIpc) is 2.47. The zero-order valence-electron chi connectivity index (χ0n) is 12.3. The Bertz CT molecular complexity index is 703. The van der Waals surface area contributed by atoms with Crippen molar-refractivity contribution in [1.82, 2.24) is 0 Å². The van der Waals surface area contributed by atoms with Crippen molar-refractivity contribution in [1.29, 1.82) is 0 Å². The van der Waals surface area contributed by atoms with Gasteiger partial charge in [0.1, 0.15) is 0 Å². The normalized spacial score (nSPS) is 13.1. The summed E-state index contributed by atoms with van der Waals surface area (Å²) in [6.07, 6.45) is 1.91. The maximum atomic E-state index is 11.6. The second-order valence-corrected chi connectivity index (χ2v) is 7.25. The highest BCUT2D eigenvalue weighted by Gasteiger charge is 2.13. The molecule has 0 radical (unpaired) electrons. The van der Waals surface area contributed by atoms with Crippen LogP contribution in [-0.4, -0.2) is 19.8 Å². The van der Waals surface area contributed by atoms with Gasteiger partial charge in [-0.15, -0.1) is 0 Å². The molecule has 0 heterocycles. The van der Waals surface area contributed by atoms with Gasteiger partial charge in [-0.1, -0.05) is 43.3 Å². The van der Waals surface area contributed by atoms with Crippen LogP contribution >= 0.6 is 0 Å². The zero-order chi connectivity index (χ0) is 15.5. The molecule has 0 aliphatic rings. The maximum Gasteiger partial charge on any atom is 0.175 e. The molecule has 0 spiro atoms. The van der Waals surface area contributed by atoms with E-state index in [9.17, 15) is 13.5 Å². The summed E-state index contributed by atoms with van der Waals surface area (Å²) in [4.78, 5) is 0.236. The molecule has 0 amide bonds. The summed E-state index contributed by atoms with van der Waals surface area (Å²) in [7, 11) is -3.25. The van der Waals surface area contributed by atoms with E-state index in [1.165, 1.54) is 11.8 Å². The number of aliphatic hydroxyl groups is 1. The molecule has 0 aromatic heterocycles. The molecule has 0 saturated carbocycles. The van der Waals surface area contributed by atoms with Crippen molar-refractivity contribution < 1.29 is 13.5 Å². The number of aryl methyl sites for hydroxylation is 1. The lowest BCUT2D eigenvalue weighted by atomic mass is 10.0. The predicted octanol–water partition coefficient (Wildman–Crippen LogP) is 2.93. The highest BCUT2D eigenvalue weighted by Crippen LogP contribution is 2.21. The molecule has 112 valence electrons. The van der Waals surface area contributed by atoms with Crippen LogP contribution in [0.5, 0.6) is 0 Å². The Morgan fingerprint density at radius 2 is 1.67 bits per heavy atom. The van der Waals surface area contributed by atoms with E-state index in [-0.39, 0.29) is 4.90 Å². The third-order valence-electron chi connectivity index (χ3n) is 3.53. The largest absolute Gasteiger partial charge is 0.388 e.